The normalized spacial score (nSPS) is 21.8. The summed E-state index contributed by atoms with van der Waals surface area (Å²) < 4.78 is 4.65. The summed E-state index contributed by atoms with van der Waals surface area (Å²) in [6.45, 7) is 0.625. The molecule has 1 aliphatic rings. The van der Waals surface area contributed by atoms with E-state index in [1.807, 2.05) is 0 Å². The minimum absolute atomic E-state index is 0.0176. The average Bonchev–Trinajstić information content (AvgIpc) is 1.82. The number of hydrogen-bond donors (Lipinski definition) is 1. The number of methoxy groups -OCH3 is 1. The highest BCUT2D eigenvalue weighted by atomic mass is 16.5. The molecule has 5 heteroatoms. The molecule has 1 aliphatic heterocycles. The summed E-state index contributed by atoms with van der Waals surface area (Å²) in [5.41, 5.74) is 5.05. The summed E-state index contributed by atoms with van der Waals surface area (Å²) in [7, 11) is 1.44. The molecule has 68 valence electrons. The Bertz CT molecular complexity index is 205. The molecule has 0 aliphatic carbocycles. The van der Waals surface area contributed by atoms with Crippen molar-refractivity contribution in [2.75, 3.05) is 20.3 Å². The lowest BCUT2D eigenvalue weighted by Crippen LogP contribution is -2.58. The molecule has 1 fully saturated rings. The van der Waals surface area contributed by atoms with E-state index < -0.39 is 11.9 Å². The van der Waals surface area contributed by atoms with E-state index >= 15 is 0 Å². The lowest BCUT2D eigenvalue weighted by atomic mass is 10.0. The van der Waals surface area contributed by atoms with Gasteiger partial charge in [-0.3, -0.25) is 9.59 Å². The molecule has 1 unspecified atom stereocenters. The Kier molecular flexibility index (Phi) is 2.65. The maximum absolute atomic E-state index is 11.1. The second-order valence-corrected chi connectivity index (χ2v) is 2.73. The number of carbonyl (C=O) groups is 2. The first kappa shape index (κ1) is 8.99. The largest absolute Gasteiger partial charge is 0.375 e. The smallest absolute Gasteiger partial charge is 0.249 e. The van der Waals surface area contributed by atoms with Crippen molar-refractivity contribution in [3.63, 3.8) is 0 Å². The van der Waals surface area contributed by atoms with Gasteiger partial charge in [0.25, 0.3) is 0 Å². The third kappa shape index (κ3) is 1.55. The highest BCUT2D eigenvalue weighted by molar-refractivity contribution is 5.88. The van der Waals surface area contributed by atoms with E-state index in [9.17, 15) is 9.59 Å². The van der Waals surface area contributed by atoms with Gasteiger partial charge in [0.05, 0.1) is 0 Å². The number of carbonyl (C=O) groups excluding carboxylic acids is 2. The van der Waals surface area contributed by atoms with Gasteiger partial charge in [-0.05, 0) is 6.42 Å². The molecule has 1 saturated heterocycles. The average molecular weight is 172 g/mol. The third-order valence-corrected chi connectivity index (χ3v) is 1.94. The number of rotatable bonds is 3. The van der Waals surface area contributed by atoms with Gasteiger partial charge in [0, 0.05) is 13.7 Å². The standard InChI is InChI=1S/C7H12N2O3/c1-12-4-6(10)9-3-2-5(9)7(8)11/h5H,2-4H2,1H3,(H2,8,11). The molecule has 0 radical (unpaired) electrons. The fourth-order valence-corrected chi connectivity index (χ4v) is 1.19. The van der Waals surface area contributed by atoms with Crippen molar-refractivity contribution in [1.29, 1.82) is 0 Å². The van der Waals surface area contributed by atoms with Crippen LogP contribution in [-0.4, -0.2) is 43.0 Å². The van der Waals surface area contributed by atoms with E-state index in [1.165, 1.54) is 12.0 Å². The van der Waals surface area contributed by atoms with Gasteiger partial charge in [-0.25, -0.2) is 0 Å². The van der Waals surface area contributed by atoms with Crippen molar-refractivity contribution in [3.05, 3.63) is 0 Å². The van der Waals surface area contributed by atoms with Crippen LogP contribution in [-0.2, 0) is 14.3 Å². The summed E-state index contributed by atoms with van der Waals surface area (Å²) in [6, 6.07) is -0.410. The van der Waals surface area contributed by atoms with Crippen LogP contribution >= 0.6 is 0 Å². The minimum atomic E-state index is -0.439. The Morgan fingerprint density at radius 3 is 2.67 bits per heavy atom. The molecule has 12 heavy (non-hydrogen) atoms. The van der Waals surface area contributed by atoms with Crippen LogP contribution in [0.25, 0.3) is 0 Å². The molecule has 0 bridgehead atoms. The molecule has 1 atom stereocenters. The molecule has 0 aromatic carbocycles. The quantitative estimate of drug-likeness (QED) is 0.576. The third-order valence-electron chi connectivity index (χ3n) is 1.94. The highest BCUT2D eigenvalue weighted by Gasteiger charge is 2.35. The molecular formula is C7H12N2O3. The zero-order valence-electron chi connectivity index (χ0n) is 6.95. The number of nitrogens with zero attached hydrogens (tertiary/aromatic N) is 1. The number of amides is 2. The van der Waals surface area contributed by atoms with Crippen LogP contribution in [0.15, 0.2) is 0 Å². The fraction of sp³-hybridized carbons (Fsp3) is 0.714. The predicted molar refractivity (Wildman–Crippen MR) is 41.2 cm³/mol. The topological polar surface area (TPSA) is 72.6 Å². The van der Waals surface area contributed by atoms with Crippen molar-refractivity contribution in [2.45, 2.75) is 12.5 Å². The van der Waals surface area contributed by atoms with Gasteiger partial charge in [-0.2, -0.15) is 0 Å². The molecule has 0 saturated carbocycles. The lowest BCUT2D eigenvalue weighted by molar-refractivity contribution is -0.148. The minimum Gasteiger partial charge on any atom is -0.375 e. The van der Waals surface area contributed by atoms with Gasteiger partial charge in [-0.1, -0.05) is 0 Å². The molecule has 2 amide bonds. The maximum Gasteiger partial charge on any atom is 0.249 e. The molecule has 1 rings (SSSR count). The van der Waals surface area contributed by atoms with Gasteiger partial charge >= 0.3 is 0 Å². The number of hydrogen-bond acceptors (Lipinski definition) is 3. The van der Waals surface area contributed by atoms with Crippen LogP contribution < -0.4 is 5.73 Å². The van der Waals surface area contributed by atoms with E-state index in [0.29, 0.717) is 13.0 Å². The maximum atomic E-state index is 11.1. The van der Waals surface area contributed by atoms with Crippen molar-refractivity contribution >= 4 is 11.8 Å². The molecular weight excluding hydrogens is 160 g/mol. The number of primary amides is 1. The Hall–Kier alpha value is -1.10. The Morgan fingerprint density at radius 2 is 2.33 bits per heavy atom. The first-order valence-electron chi connectivity index (χ1n) is 3.74. The Morgan fingerprint density at radius 1 is 1.67 bits per heavy atom. The van der Waals surface area contributed by atoms with E-state index in [0.717, 1.165) is 0 Å². The fourth-order valence-electron chi connectivity index (χ4n) is 1.19. The van der Waals surface area contributed by atoms with Gasteiger partial charge in [0.1, 0.15) is 12.6 Å². The number of ether oxygens (including phenoxy) is 1. The van der Waals surface area contributed by atoms with Crippen LogP contribution in [0.1, 0.15) is 6.42 Å². The molecule has 0 aromatic rings. The van der Waals surface area contributed by atoms with Crippen LogP contribution in [0.4, 0.5) is 0 Å². The van der Waals surface area contributed by atoms with Gasteiger partial charge in [0.2, 0.25) is 11.8 Å². The summed E-state index contributed by atoms with van der Waals surface area (Å²) in [5, 5.41) is 0. The zero-order chi connectivity index (χ0) is 9.14. The first-order valence-corrected chi connectivity index (χ1v) is 3.74. The highest BCUT2D eigenvalue weighted by Crippen LogP contribution is 2.16. The van der Waals surface area contributed by atoms with Crippen LogP contribution in [0.5, 0.6) is 0 Å². The van der Waals surface area contributed by atoms with Crippen LogP contribution in [0.3, 0.4) is 0 Å². The molecule has 2 N–H and O–H groups in total. The zero-order valence-corrected chi connectivity index (χ0v) is 6.95. The van der Waals surface area contributed by atoms with Crippen LogP contribution in [0.2, 0.25) is 0 Å². The van der Waals surface area contributed by atoms with E-state index in [1.54, 1.807) is 0 Å². The first-order chi connectivity index (χ1) is 5.66. The van der Waals surface area contributed by atoms with Gasteiger partial charge in [-0.15, -0.1) is 0 Å². The lowest BCUT2D eigenvalue weighted by Gasteiger charge is -2.38. The van der Waals surface area contributed by atoms with Gasteiger partial charge in [0.15, 0.2) is 0 Å². The predicted octanol–water partition coefficient (Wildman–Crippen LogP) is -1.28. The summed E-state index contributed by atoms with van der Waals surface area (Å²) in [4.78, 5) is 23.3. The molecule has 1 heterocycles. The monoisotopic (exact) mass is 172 g/mol. The van der Waals surface area contributed by atoms with Crippen molar-refractivity contribution in [3.8, 4) is 0 Å². The van der Waals surface area contributed by atoms with E-state index in [-0.39, 0.29) is 12.5 Å². The van der Waals surface area contributed by atoms with E-state index in [4.69, 9.17) is 5.73 Å². The second-order valence-electron chi connectivity index (χ2n) is 2.73. The number of likely N-dealkylation sites (tertiary alicyclic amines) is 1. The SMILES string of the molecule is COCC(=O)N1CCC1C(N)=O. The van der Waals surface area contributed by atoms with Crippen molar-refractivity contribution in [2.24, 2.45) is 5.73 Å². The summed E-state index contributed by atoms with van der Waals surface area (Å²) >= 11 is 0. The summed E-state index contributed by atoms with van der Waals surface area (Å²) in [5.74, 6) is -0.613. The van der Waals surface area contributed by atoms with Crippen LogP contribution in [0, 0.1) is 0 Å². The second kappa shape index (κ2) is 3.53. The number of nitrogens with two attached hydrogens (primary N) is 1. The molecule has 0 aromatic heterocycles. The summed E-state index contributed by atoms with van der Waals surface area (Å²) in [6.07, 6.45) is 0.671. The van der Waals surface area contributed by atoms with Crippen molar-refractivity contribution < 1.29 is 14.3 Å². The van der Waals surface area contributed by atoms with Crippen molar-refractivity contribution in [1.82, 2.24) is 4.90 Å². The van der Waals surface area contributed by atoms with Gasteiger partial charge < -0.3 is 15.4 Å². The molecule has 5 nitrogen and oxygen atoms in total. The Balaban J connectivity index is 2.43. The molecule has 0 spiro atoms. The Labute approximate surface area is 70.5 Å². The van der Waals surface area contributed by atoms with E-state index in [2.05, 4.69) is 4.74 Å².